The van der Waals surface area contributed by atoms with E-state index in [9.17, 15) is 9.90 Å². The number of hydrogen-bond donors (Lipinski definition) is 2. The second-order valence-corrected chi connectivity index (χ2v) is 6.50. The first-order chi connectivity index (χ1) is 10.6. The van der Waals surface area contributed by atoms with Crippen LogP contribution in [-0.4, -0.2) is 16.2 Å². The third-order valence-electron chi connectivity index (χ3n) is 2.88. The van der Waals surface area contributed by atoms with Gasteiger partial charge in [-0.15, -0.1) is 0 Å². The van der Waals surface area contributed by atoms with Crippen LogP contribution >= 0.6 is 27.7 Å². The van der Waals surface area contributed by atoms with Crippen LogP contribution in [-0.2, 0) is 4.79 Å². The number of rotatable bonds is 2. The SMILES string of the molecule is O=C1NC(=Nc2cccc(Br)c2)SC1=Cc1ccc(O)cc1. The summed E-state index contributed by atoms with van der Waals surface area (Å²) >= 11 is 4.68. The van der Waals surface area contributed by atoms with Crippen molar-refractivity contribution in [3.63, 3.8) is 0 Å². The topological polar surface area (TPSA) is 61.7 Å². The molecule has 0 saturated carbocycles. The lowest BCUT2D eigenvalue weighted by Gasteiger charge is -1.97. The molecule has 0 aromatic heterocycles. The Bertz CT molecular complexity index is 785. The minimum Gasteiger partial charge on any atom is -0.508 e. The van der Waals surface area contributed by atoms with E-state index in [0.29, 0.717) is 10.1 Å². The number of halogens is 1. The van der Waals surface area contributed by atoms with E-state index in [1.165, 1.54) is 11.8 Å². The summed E-state index contributed by atoms with van der Waals surface area (Å²) in [5.74, 6) is 0.0226. The van der Waals surface area contributed by atoms with E-state index in [0.717, 1.165) is 15.7 Å². The summed E-state index contributed by atoms with van der Waals surface area (Å²) in [6.07, 6.45) is 1.77. The maximum absolute atomic E-state index is 12.0. The maximum Gasteiger partial charge on any atom is 0.264 e. The van der Waals surface area contributed by atoms with E-state index < -0.39 is 0 Å². The van der Waals surface area contributed by atoms with Gasteiger partial charge in [-0.1, -0.05) is 34.1 Å². The lowest BCUT2D eigenvalue weighted by atomic mass is 10.2. The minimum absolute atomic E-state index is 0.174. The van der Waals surface area contributed by atoms with E-state index in [1.807, 2.05) is 24.3 Å². The van der Waals surface area contributed by atoms with Crippen molar-refractivity contribution in [2.75, 3.05) is 0 Å². The molecule has 2 aromatic carbocycles. The lowest BCUT2D eigenvalue weighted by Crippen LogP contribution is -2.19. The Labute approximate surface area is 140 Å². The minimum atomic E-state index is -0.174. The molecule has 2 N–H and O–H groups in total. The van der Waals surface area contributed by atoms with Crippen molar-refractivity contribution >= 4 is 50.5 Å². The van der Waals surface area contributed by atoms with Crippen LogP contribution in [0.15, 0.2) is 62.9 Å². The fourth-order valence-corrected chi connectivity index (χ4v) is 3.09. The number of amides is 1. The maximum atomic E-state index is 12.0. The average molecular weight is 375 g/mol. The molecule has 1 aliphatic rings. The standard InChI is InChI=1S/C16H11BrN2O2S/c17-11-2-1-3-12(9-11)18-16-19-15(21)14(22-16)8-10-4-6-13(20)7-5-10/h1-9,20H,(H,18,19,21). The fourth-order valence-electron chi connectivity index (χ4n) is 1.87. The van der Waals surface area contributed by atoms with Crippen molar-refractivity contribution in [1.29, 1.82) is 0 Å². The number of aromatic hydroxyl groups is 1. The number of hydrogen-bond acceptors (Lipinski definition) is 4. The molecule has 0 bridgehead atoms. The Morgan fingerprint density at radius 2 is 1.95 bits per heavy atom. The number of carbonyl (C=O) groups excluding carboxylic acids is 1. The molecule has 1 amide bonds. The van der Waals surface area contributed by atoms with Gasteiger partial charge in [0.05, 0.1) is 10.6 Å². The zero-order valence-electron chi connectivity index (χ0n) is 11.3. The number of amidine groups is 1. The van der Waals surface area contributed by atoms with Gasteiger partial charge >= 0.3 is 0 Å². The van der Waals surface area contributed by atoms with Gasteiger partial charge < -0.3 is 10.4 Å². The number of phenolic OH excluding ortho intramolecular Hbond substituents is 1. The molecule has 4 nitrogen and oxygen atoms in total. The van der Waals surface area contributed by atoms with Crippen LogP contribution in [0.2, 0.25) is 0 Å². The van der Waals surface area contributed by atoms with Crippen LogP contribution in [0.3, 0.4) is 0 Å². The fraction of sp³-hybridized carbons (Fsp3) is 0. The smallest absolute Gasteiger partial charge is 0.264 e. The Kier molecular flexibility index (Phi) is 4.31. The third kappa shape index (κ3) is 3.58. The predicted molar refractivity (Wildman–Crippen MR) is 93.1 cm³/mol. The van der Waals surface area contributed by atoms with E-state index in [2.05, 4.69) is 26.2 Å². The molecule has 0 aliphatic carbocycles. The first-order valence-electron chi connectivity index (χ1n) is 6.44. The van der Waals surface area contributed by atoms with Gasteiger partial charge in [-0.05, 0) is 53.7 Å². The van der Waals surface area contributed by atoms with Crippen LogP contribution in [0.4, 0.5) is 5.69 Å². The molecule has 0 spiro atoms. The van der Waals surface area contributed by atoms with Gasteiger partial charge in [-0.25, -0.2) is 4.99 Å². The molecule has 0 unspecified atom stereocenters. The zero-order chi connectivity index (χ0) is 15.5. The zero-order valence-corrected chi connectivity index (χ0v) is 13.7. The van der Waals surface area contributed by atoms with Gasteiger partial charge in [0.1, 0.15) is 5.75 Å². The van der Waals surface area contributed by atoms with E-state index in [1.54, 1.807) is 30.3 Å². The summed E-state index contributed by atoms with van der Waals surface area (Å²) in [6, 6.07) is 14.2. The molecule has 3 rings (SSSR count). The van der Waals surface area contributed by atoms with Crippen molar-refractivity contribution in [2.24, 2.45) is 4.99 Å². The predicted octanol–water partition coefficient (Wildman–Crippen LogP) is 4.05. The largest absolute Gasteiger partial charge is 0.508 e. The molecule has 1 aliphatic heterocycles. The van der Waals surface area contributed by atoms with Crippen LogP contribution < -0.4 is 5.32 Å². The molecule has 0 atom stereocenters. The highest BCUT2D eigenvalue weighted by Crippen LogP contribution is 2.29. The second kappa shape index (κ2) is 6.37. The monoisotopic (exact) mass is 374 g/mol. The quantitative estimate of drug-likeness (QED) is 0.779. The molecule has 1 fully saturated rings. The van der Waals surface area contributed by atoms with E-state index in [4.69, 9.17) is 0 Å². The van der Waals surface area contributed by atoms with Gasteiger partial charge in [0.15, 0.2) is 5.17 Å². The van der Waals surface area contributed by atoms with Crippen LogP contribution in [0.25, 0.3) is 6.08 Å². The highest BCUT2D eigenvalue weighted by molar-refractivity contribution is 9.10. The van der Waals surface area contributed by atoms with Crippen molar-refractivity contribution in [1.82, 2.24) is 5.32 Å². The summed E-state index contributed by atoms with van der Waals surface area (Å²) in [5.41, 5.74) is 1.61. The van der Waals surface area contributed by atoms with Gasteiger partial charge in [0.2, 0.25) is 0 Å². The molecular weight excluding hydrogens is 364 g/mol. The lowest BCUT2D eigenvalue weighted by molar-refractivity contribution is -0.115. The number of thioether (sulfide) groups is 1. The summed E-state index contributed by atoms with van der Waals surface area (Å²) in [5, 5.41) is 12.6. The average Bonchev–Trinajstić information content (AvgIpc) is 2.81. The summed E-state index contributed by atoms with van der Waals surface area (Å²) in [4.78, 5) is 17.0. The Hall–Kier alpha value is -2.05. The van der Waals surface area contributed by atoms with Gasteiger partial charge in [-0.2, -0.15) is 0 Å². The van der Waals surface area contributed by atoms with Crippen molar-refractivity contribution in [3.05, 3.63) is 63.5 Å². The molecule has 6 heteroatoms. The van der Waals surface area contributed by atoms with E-state index >= 15 is 0 Å². The molecule has 2 aromatic rings. The highest BCUT2D eigenvalue weighted by Gasteiger charge is 2.23. The van der Waals surface area contributed by atoms with Gasteiger partial charge in [0.25, 0.3) is 5.91 Å². The summed E-state index contributed by atoms with van der Waals surface area (Å²) in [7, 11) is 0. The molecule has 110 valence electrons. The first kappa shape index (κ1) is 14.9. The molecule has 0 radical (unpaired) electrons. The number of nitrogens with one attached hydrogen (secondary N) is 1. The molecule has 22 heavy (non-hydrogen) atoms. The Balaban J connectivity index is 1.82. The molecule has 1 saturated heterocycles. The Morgan fingerprint density at radius 3 is 2.68 bits per heavy atom. The number of benzene rings is 2. The van der Waals surface area contributed by atoms with Crippen molar-refractivity contribution in [3.8, 4) is 5.75 Å². The van der Waals surface area contributed by atoms with Crippen LogP contribution in [0, 0.1) is 0 Å². The third-order valence-corrected chi connectivity index (χ3v) is 4.28. The molecule has 1 heterocycles. The Morgan fingerprint density at radius 1 is 1.18 bits per heavy atom. The van der Waals surface area contributed by atoms with Crippen molar-refractivity contribution in [2.45, 2.75) is 0 Å². The van der Waals surface area contributed by atoms with Crippen molar-refractivity contribution < 1.29 is 9.90 Å². The summed E-state index contributed by atoms with van der Waals surface area (Å²) < 4.78 is 0.934. The number of phenols is 1. The number of carbonyl (C=O) groups is 1. The van der Waals surface area contributed by atoms with Gasteiger partial charge in [-0.3, -0.25) is 4.79 Å². The van der Waals surface area contributed by atoms with Crippen LogP contribution in [0.5, 0.6) is 5.75 Å². The first-order valence-corrected chi connectivity index (χ1v) is 8.05. The van der Waals surface area contributed by atoms with Crippen LogP contribution in [0.1, 0.15) is 5.56 Å². The second-order valence-electron chi connectivity index (χ2n) is 4.55. The van der Waals surface area contributed by atoms with Gasteiger partial charge in [0, 0.05) is 4.47 Å². The number of nitrogens with zero attached hydrogens (tertiary/aromatic N) is 1. The summed E-state index contributed by atoms with van der Waals surface area (Å²) in [6.45, 7) is 0. The highest BCUT2D eigenvalue weighted by atomic mass is 79.9. The molecular formula is C16H11BrN2O2S. The van der Waals surface area contributed by atoms with E-state index in [-0.39, 0.29) is 11.7 Å². The number of aliphatic imine (C=N–C) groups is 1. The normalized spacial score (nSPS) is 18.0.